The van der Waals surface area contributed by atoms with Crippen molar-refractivity contribution in [2.45, 2.75) is 13.0 Å². The van der Waals surface area contributed by atoms with Gasteiger partial charge in [-0.2, -0.15) is 0 Å². The van der Waals surface area contributed by atoms with Crippen LogP contribution in [0.3, 0.4) is 0 Å². The summed E-state index contributed by atoms with van der Waals surface area (Å²) in [6.07, 6.45) is 8.01. The Labute approximate surface area is 61.9 Å². The van der Waals surface area contributed by atoms with Crippen LogP contribution in [0.4, 0.5) is 0 Å². The highest BCUT2D eigenvalue weighted by atomic mass is 14.6. The maximum atomic E-state index is 5.73. The molecular weight excluding hydrogens is 122 g/mol. The van der Waals surface area contributed by atoms with Gasteiger partial charge in [0.15, 0.2) is 0 Å². The molecule has 0 aromatic rings. The summed E-state index contributed by atoms with van der Waals surface area (Å²) in [7, 11) is 0. The van der Waals surface area contributed by atoms with Gasteiger partial charge in [-0.15, -0.1) is 0 Å². The Morgan fingerprint density at radius 3 is 2.90 bits per heavy atom. The van der Waals surface area contributed by atoms with Gasteiger partial charge in [0.2, 0.25) is 0 Å². The van der Waals surface area contributed by atoms with Gasteiger partial charge in [-0.05, 0) is 11.5 Å². The summed E-state index contributed by atoms with van der Waals surface area (Å²) in [5.74, 6) is 0.443. The van der Waals surface area contributed by atoms with E-state index in [1.165, 1.54) is 5.57 Å². The third-order valence-corrected chi connectivity index (χ3v) is 1.81. The number of allylic oxidation sites excluding steroid dienone is 3. The van der Waals surface area contributed by atoms with E-state index in [1.54, 1.807) is 0 Å². The van der Waals surface area contributed by atoms with E-state index in [2.05, 4.69) is 19.6 Å². The molecule has 0 amide bonds. The minimum atomic E-state index is 0.184. The van der Waals surface area contributed by atoms with Gasteiger partial charge in [-0.25, -0.2) is 0 Å². The van der Waals surface area contributed by atoms with Crippen LogP contribution in [0.15, 0.2) is 36.5 Å². The lowest BCUT2D eigenvalue weighted by molar-refractivity contribution is 0.622. The van der Waals surface area contributed by atoms with Gasteiger partial charge >= 0.3 is 0 Å². The molecule has 2 atom stereocenters. The van der Waals surface area contributed by atoms with Crippen LogP contribution in [-0.4, -0.2) is 6.04 Å². The lowest BCUT2D eigenvalue weighted by Gasteiger charge is -2.17. The minimum absolute atomic E-state index is 0.184. The van der Waals surface area contributed by atoms with E-state index < -0.39 is 0 Å². The van der Waals surface area contributed by atoms with Crippen LogP contribution in [0, 0.1) is 5.92 Å². The molecule has 0 bridgehead atoms. The summed E-state index contributed by atoms with van der Waals surface area (Å²) in [5.41, 5.74) is 6.90. The summed E-state index contributed by atoms with van der Waals surface area (Å²) in [4.78, 5) is 0. The van der Waals surface area contributed by atoms with E-state index in [-0.39, 0.29) is 6.04 Å². The maximum absolute atomic E-state index is 5.73. The topological polar surface area (TPSA) is 26.0 Å². The molecule has 0 heterocycles. The van der Waals surface area contributed by atoms with Gasteiger partial charge in [0.1, 0.15) is 0 Å². The summed E-state index contributed by atoms with van der Waals surface area (Å²) < 4.78 is 0. The van der Waals surface area contributed by atoms with Crippen LogP contribution in [0.1, 0.15) is 6.92 Å². The lowest BCUT2D eigenvalue weighted by Crippen LogP contribution is -2.26. The zero-order valence-corrected chi connectivity index (χ0v) is 6.25. The molecule has 0 saturated carbocycles. The molecule has 54 valence electrons. The molecule has 10 heavy (non-hydrogen) atoms. The second kappa shape index (κ2) is 2.84. The molecule has 0 saturated heterocycles. The second-order valence-corrected chi connectivity index (χ2v) is 2.67. The van der Waals surface area contributed by atoms with E-state index in [4.69, 9.17) is 5.73 Å². The first-order valence-electron chi connectivity index (χ1n) is 3.52. The molecular formula is C9H13N. The monoisotopic (exact) mass is 135 g/mol. The summed E-state index contributed by atoms with van der Waals surface area (Å²) >= 11 is 0. The Balaban J connectivity index is 2.75. The normalized spacial score (nSPS) is 31.6. The second-order valence-electron chi connectivity index (χ2n) is 2.67. The maximum Gasteiger partial charge on any atom is 0.0288 e. The molecule has 0 aliphatic heterocycles. The van der Waals surface area contributed by atoms with E-state index in [0.29, 0.717) is 5.92 Å². The largest absolute Gasteiger partial charge is 0.324 e. The first kappa shape index (κ1) is 7.29. The number of rotatable bonds is 1. The van der Waals surface area contributed by atoms with Crippen LogP contribution in [-0.2, 0) is 0 Å². The van der Waals surface area contributed by atoms with Gasteiger partial charge in [0, 0.05) is 6.04 Å². The van der Waals surface area contributed by atoms with Gasteiger partial charge in [-0.1, -0.05) is 37.8 Å². The molecule has 1 aliphatic carbocycles. The highest BCUT2D eigenvalue weighted by Crippen LogP contribution is 2.15. The summed E-state index contributed by atoms with van der Waals surface area (Å²) in [6, 6.07) is 0.184. The first-order valence-corrected chi connectivity index (χ1v) is 3.52. The molecule has 2 N–H and O–H groups in total. The fourth-order valence-corrected chi connectivity index (χ4v) is 1.00. The Morgan fingerprint density at radius 1 is 1.70 bits per heavy atom. The van der Waals surface area contributed by atoms with E-state index >= 15 is 0 Å². The Hall–Kier alpha value is -0.820. The number of nitrogens with two attached hydrogens (primary N) is 1. The molecule has 0 aromatic carbocycles. The minimum Gasteiger partial charge on any atom is -0.324 e. The molecule has 0 spiro atoms. The SMILES string of the molecule is C=CC1=CC(C)C(N)C=C1. The van der Waals surface area contributed by atoms with E-state index in [9.17, 15) is 0 Å². The van der Waals surface area contributed by atoms with Crippen LogP contribution in [0.5, 0.6) is 0 Å². The van der Waals surface area contributed by atoms with Crippen molar-refractivity contribution in [1.82, 2.24) is 0 Å². The van der Waals surface area contributed by atoms with Crippen molar-refractivity contribution >= 4 is 0 Å². The van der Waals surface area contributed by atoms with Crippen molar-refractivity contribution < 1.29 is 0 Å². The van der Waals surface area contributed by atoms with Crippen molar-refractivity contribution in [3.63, 3.8) is 0 Å². The molecule has 0 fully saturated rings. The van der Waals surface area contributed by atoms with Crippen LogP contribution in [0.25, 0.3) is 0 Å². The predicted octanol–water partition coefficient (Wildman–Crippen LogP) is 1.63. The van der Waals surface area contributed by atoms with Crippen molar-refractivity contribution in [3.05, 3.63) is 36.5 Å². The van der Waals surface area contributed by atoms with Gasteiger partial charge < -0.3 is 5.73 Å². The predicted molar refractivity (Wildman–Crippen MR) is 44.6 cm³/mol. The van der Waals surface area contributed by atoms with Gasteiger partial charge in [0.25, 0.3) is 0 Å². The molecule has 0 aromatic heterocycles. The van der Waals surface area contributed by atoms with Crippen LogP contribution < -0.4 is 5.73 Å². The van der Waals surface area contributed by atoms with Crippen molar-refractivity contribution in [1.29, 1.82) is 0 Å². The molecule has 1 rings (SSSR count). The zero-order chi connectivity index (χ0) is 7.56. The van der Waals surface area contributed by atoms with Crippen molar-refractivity contribution in [3.8, 4) is 0 Å². The Kier molecular flexibility index (Phi) is 2.07. The Bertz CT molecular complexity index is 189. The van der Waals surface area contributed by atoms with Gasteiger partial charge in [-0.3, -0.25) is 0 Å². The van der Waals surface area contributed by atoms with Crippen LogP contribution in [0.2, 0.25) is 0 Å². The zero-order valence-electron chi connectivity index (χ0n) is 6.25. The fraction of sp³-hybridized carbons (Fsp3) is 0.333. The number of hydrogen-bond donors (Lipinski definition) is 1. The average Bonchev–Trinajstić information content (AvgIpc) is 1.95. The third-order valence-electron chi connectivity index (χ3n) is 1.81. The van der Waals surface area contributed by atoms with Crippen molar-refractivity contribution in [2.75, 3.05) is 0 Å². The molecule has 1 heteroatoms. The molecule has 1 aliphatic rings. The quantitative estimate of drug-likeness (QED) is 0.581. The Morgan fingerprint density at radius 2 is 2.40 bits per heavy atom. The van der Waals surface area contributed by atoms with Crippen LogP contribution >= 0.6 is 0 Å². The molecule has 2 unspecified atom stereocenters. The average molecular weight is 135 g/mol. The van der Waals surface area contributed by atoms with E-state index in [0.717, 1.165) is 0 Å². The van der Waals surface area contributed by atoms with E-state index in [1.807, 2.05) is 18.2 Å². The third kappa shape index (κ3) is 1.36. The lowest BCUT2D eigenvalue weighted by atomic mass is 9.94. The standard InChI is InChI=1S/C9H13N/c1-3-8-4-5-9(10)7(2)6-8/h3-7,9H,1,10H2,2H3. The van der Waals surface area contributed by atoms with Crippen molar-refractivity contribution in [2.24, 2.45) is 11.7 Å². The summed E-state index contributed by atoms with van der Waals surface area (Å²) in [5, 5.41) is 0. The number of hydrogen-bond acceptors (Lipinski definition) is 1. The highest BCUT2D eigenvalue weighted by molar-refractivity contribution is 5.34. The smallest absolute Gasteiger partial charge is 0.0288 e. The fourth-order valence-electron chi connectivity index (χ4n) is 1.00. The first-order chi connectivity index (χ1) is 4.74. The summed E-state index contributed by atoms with van der Waals surface area (Å²) in [6.45, 7) is 5.79. The molecule has 0 radical (unpaired) electrons. The molecule has 1 nitrogen and oxygen atoms in total. The van der Waals surface area contributed by atoms with Gasteiger partial charge in [0.05, 0.1) is 0 Å². The highest BCUT2D eigenvalue weighted by Gasteiger charge is 2.09.